The highest BCUT2D eigenvalue weighted by molar-refractivity contribution is 5.82. The number of carboxylic acid groups (broad SMARTS) is 1. The number of carbonyl (C=O) groups excluding carboxylic acids is 1. The van der Waals surface area contributed by atoms with Gasteiger partial charge in [-0.25, -0.2) is 4.79 Å². The van der Waals surface area contributed by atoms with Gasteiger partial charge < -0.3 is 14.9 Å². The van der Waals surface area contributed by atoms with Crippen molar-refractivity contribution in [2.75, 3.05) is 33.2 Å². The molecule has 2 amide bonds. The van der Waals surface area contributed by atoms with E-state index in [-0.39, 0.29) is 12.0 Å². The fourth-order valence-electron chi connectivity index (χ4n) is 5.37. The van der Waals surface area contributed by atoms with E-state index in [1.165, 1.54) is 0 Å². The Labute approximate surface area is 137 Å². The molecule has 2 bridgehead atoms. The average Bonchev–Trinajstić information content (AvgIpc) is 3.06. The largest absolute Gasteiger partial charge is 0.465 e. The van der Waals surface area contributed by atoms with Crippen LogP contribution in [0.5, 0.6) is 0 Å². The van der Waals surface area contributed by atoms with Crippen molar-refractivity contribution in [2.24, 2.45) is 23.7 Å². The third-order valence-corrected chi connectivity index (χ3v) is 6.87. The van der Waals surface area contributed by atoms with Crippen molar-refractivity contribution in [3.05, 3.63) is 0 Å². The van der Waals surface area contributed by atoms with Crippen LogP contribution in [0.25, 0.3) is 0 Å². The van der Waals surface area contributed by atoms with Gasteiger partial charge in [0.1, 0.15) is 0 Å². The Kier molecular flexibility index (Phi) is 3.55. The fourth-order valence-corrected chi connectivity index (χ4v) is 5.37. The van der Waals surface area contributed by atoms with E-state index in [2.05, 4.69) is 4.90 Å². The first kappa shape index (κ1) is 15.2. The summed E-state index contributed by atoms with van der Waals surface area (Å²) >= 11 is 0. The summed E-state index contributed by atoms with van der Waals surface area (Å²) in [5.41, 5.74) is 0. The standard InChI is InChI=1S/C17H27N3O3/c1-3-18(2)16(21)15-12-8-19(9-13(12)15)14-6-11-5-4-10(14)7-20(11)17(22)23/h10-15H,3-9H2,1-2H3,(H,22,23)/t10-,11-,12-,13+,14?,15+/m0/s1. The maximum Gasteiger partial charge on any atom is 0.407 e. The summed E-state index contributed by atoms with van der Waals surface area (Å²) in [7, 11) is 1.90. The summed E-state index contributed by atoms with van der Waals surface area (Å²) in [6, 6.07) is 0.750. The Bertz CT molecular complexity index is 513. The van der Waals surface area contributed by atoms with E-state index < -0.39 is 6.09 Å². The molecule has 1 N–H and O–H groups in total. The molecule has 5 fully saturated rings. The van der Waals surface area contributed by atoms with Crippen LogP contribution in [-0.4, -0.2) is 77.1 Å². The first-order valence-electron chi connectivity index (χ1n) is 8.99. The molecule has 2 saturated carbocycles. The third kappa shape index (κ3) is 2.33. The highest BCUT2D eigenvalue weighted by atomic mass is 16.4. The van der Waals surface area contributed by atoms with Crippen LogP contribution in [0.4, 0.5) is 4.79 Å². The van der Waals surface area contributed by atoms with Gasteiger partial charge in [0, 0.05) is 51.2 Å². The summed E-state index contributed by atoms with van der Waals surface area (Å²) in [5, 5.41) is 9.30. The molecular weight excluding hydrogens is 294 g/mol. The lowest BCUT2D eigenvalue weighted by molar-refractivity contribution is -0.132. The molecule has 6 heteroatoms. The summed E-state index contributed by atoms with van der Waals surface area (Å²) in [6.45, 7) is 5.60. The Morgan fingerprint density at radius 3 is 2.39 bits per heavy atom. The second-order valence-corrected chi connectivity index (χ2v) is 7.89. The highest BCUT2D eigenvalue weighted by Crippen LogP contribution is 2.54. The maximum absolute atomic E-state index is 12.3. The van der Waals surface area contributed by atoms with Gasteiger partial charge in [-0.2, -0.15) is 0 Å². The number of piperidine rings is 3. The molecule has 0 radical (unpaired) electrons. The molecule has 3 aliphatic heterocycles. The molecule has 2 aliphatic carbocycles. The zero-order valence-corrected chi connectivity index (χ0v) is 14.0. The van der Waals surface area contributed by atoms with Gasteiger partial charge in [0.05, 0.1) is 0 Å². The van der Waals surface area contributed by atoms with Gasteiger partial charge >= 0.3 is 6.09 Å². The van der Waals surface area contributed by atoms with Crippen LogP contribution in [-0.2, 0) is 4.79 Å². The molecule has 3 saturated heterocycles. The Balaban J connectivity index is 1.35. The minimum atomic E-state index is -0.754. The fraction of sp³-hybridized carbons (Fsp3) is 0.882. The molecule has 6 atom stereocenters. The van der Waals surface area contributed by atoms with Crippen molar-refractivity contribution in [3.63, 3.8) is 0 Å². The Hall–Kier alpha value is -1.30. The molecule has 0 aromatic heterocycles. The highest BCUT2D eigenvalue weighted by Gasteiger charge is 2.61. The zero-order chi connectivity index (χ0) is 16.3. The second kappa shape index (κ2) is 5.36. The molecule has 6 nitrogen and oxygen atoms in total. The van der Waals surface area contributed by atoms with Crippen molar-refractivity contribution >= 4 is 12.0 Å². The van der Waals surface area contributed by atoms with Crippen molar-refractivity contribution in [1.82, 2.24) is 14.7 Å². The van der Waals surface area contributed by atoms with Gasteiger partial charge in [-0.1, -0.05) is 0 Å². The van der Waals surface area contributed by atoms with Crippen molar-refractivity contribution < 1.29 is 14.7 Å². The first-order chi connectivity index (χ1) is 11.0. The molecule has 5 aliphatic rings. The van der Waals surface area contributed by atoms with Crippen LogP contribution < -0.4 is 0 Å². The van der Waals surface area contributed by atoms with E-state index >= 15 is 0 Å². The van der Waals surface area contributed by atoms with Gasteiger partial charge in [0.25, 0.3) is 0 Å². The van der Waals surface area contributed by atoms with Crippen LogP contribution in [0.1, 0.15) is 26.2 Å². The van der Waals surface area contributed by atoms with Crippen LogP contribution in [0.15, 0.2) is 0 Å². The molecule has 3 heterocycles. The van der Waals surface area contributed by atoms with Crippen molar-refractivity contribution in [2.45, 2.75) is 38.3 Å². The average molecular weight is 321 g/mol. The first-order valence-corrected chi connectivity index (χ1v) is 8.99. The molecule has 5 rings (SSSR count). The summed E-state index contributed by atoms with van der Waals surface area (Å²) in [6.07, 6.45) is 2.42. The minimum Gasteiger partial charge on any atom is -0.465 e. The van der Waals surface area contributed by atoms with E-state index in [0.29, 0.717) is 36.2 Å². The van der Waals surface area contributed by atoms with Crippen LogP contribution in [0.2, 0.25) is 0 Å². The van der Waals surface area contributed by atoms with E-state index in [9.17, 15) is 14.7 Å². The van der Waals surface area contributed by atoms with Crippen molar-refractivity contribution in [1.29, 1.82) is 0 Å². The molecule has 23 heavy (non-hydrogen) atoms. The maximum atomic E-state index is 12.3. The summed E-state index contributed by atoms with van der Waals surface area (Å²) in [4.78, 5) is 29.7. The number of nitrogens with zero attached hydrogens (tertiary/aromatic N) is 3. The van der Waals surface area contributed by atoms with Crippen LogP contribution in [0.3, 0.4) is 0 Å². The topological polar surface area (TPSA) is 64.1 Å². The monoisotopic (exact) mass is 321 g/mol. The zero-order valence-electron chi connectivity index (χ0n) is 14.0. The Morgan fingerprint density at radius 1 is 1.17 bits per heavy atom. The molecule has 1 unspecified atom stereocenters. The molecule has 0 spiro atoms. The number of amides is 2. The van der Waals surface area contributed by atoms with Gasteiger partial charge in [0.2, 0.25) is 5.91 Å². The van der Waals surface area contributed by atoms with Crippen LogP contribution >= 0.6 is 0 Å². The predicted octanol–water partition coefficient (Wildman–Crippen LogP) is 1.17. The van der Waals surface area contributed by atoms with Gasteiger partial charge in [-0.05, 0) is 43.9 Å². The second-order valence-electron chi connectivity index (χ2n) is 7.89. The molecule has 128 valence electrons. The number of carbonyl (C=O) groups is 2. The number of likely N-dealkylation sites (tertiary alicyclic amines) is 1. The number of fused-ring (bicyclic) bond motifs is 4. The quantitative estimate of drug-likeness (QED) is 0.848. The van der Waals surface area contributed by atoms with Crippen LogP contribution in [0, 0.1) is 23.7 Å². The molecular formula is C17H27N3O3. The van der Waals surface area contributed by atoms with E-state index in [4.69, 9.17) is 0 Å². The summed E-state index contributed by atoms with van der Waals surface area (Å²) in [5.74, 6) is 2.16. The summed E-state index contributed by atoms with van der Waals surface area (Å²) < 4.78 is 0. The van der Waals surface area contributed by atoms with Gasteiger partial charge in [-0.3, -0.25) is 9.69 Å². The number of rotatable bonds is 3. The van der Waals surface area contributed by atoms with Crippen molar-refractivity contribution in [3.8, 4) is 0 Å². The van der Waals surface area contributed by atoms with E-state index in [0.717, 1.165) is 38.9 Å². The lowest BCUT2D eigenvalue weighted by atomic mass is 9.75. The molecule has 0 aromatic rings. The number of hydrogen-bond donors (Lipinski definition) is 1. The normalized spacial score (nSPS) is 41.7. The SMILES string of the molecule is CCN(C)C(=O)[C@H]1[C@@H]2CN(C3C[C@@H]4CC[C@H]3CN4C(=O)O)C[C@@H]21. The third-order valence-electron chi connectivity index (χ3n) is 6.87. The Morgan fingerprint density at radius 2 is 1.87 bits per heavy atom. The lowest BCUT2D eigenvalue weighted by Crippen LogP contribution is -2.60. The van der Waals surface area contributed by atoms with E-state index in [1.807, 2.05) is 18.9 Å². The lowest BCUT2D eigenvalue weighted by Gasteiger charge is -2.51. The minimum absolute atomic E-state index is 0.211. The molecule has 0 aromatic carbocycles. The van der Waals surface area contributed by atoms with Gasteiger partial charge in [-0.15, -0.1) is 0 Å². The smallest absolute Gasteiger partial charge is 0.407 e. The predicted molar refractivity (Wildman–Crippen MR) is 85.0 cm³/mol. The van der Waals surface area contributed by atoms with E-state index in [1.54, 1.807) is 4.90 Å². The number of hydrogen-bond acceptors (Lipinski definition) is 3. The van der Waals surface area contributed by atoms with Gasteiger partial charge in [0.15, 0.2) is 0 Å².